The molecule has 1 fully saturated rings. The molecule has 0 radical (unpaired) electrons. The summed E-state index contributed by atoms with van der Waals surface area (Å²) in [6, 6.07) is 12.6. The van der Waals surface area contributed by atoms with E-state index in [2.05, 4.69) is 48.7 Å². The fourth-order valence-electron chi connectivity index (χ4n) is 3.39. The van der Waals surface area contributed by atoms with E-state index in [1.54, 1.807) is 11.3 Å². The number of thiophene rings is 1. The summed E-state index contributed by atoms with van der Waals surface area (Å²) < 4.78 is 18.6. The van der Waals surface area contributed by atoms with Crippen LogP contribution in [0.3, 0.4) is 0 Å². The molecule has 0 amide bonds. The summed E-state index contributed by atoms with van der Waals surface area (Å²) in [7, 11) is 0. The van der Waals surface area contributed by atoms with E-state index < -0.39 is 0 Å². The van der Waals surface area contributed by atoms with Crippen LogP contribution in [0, 0.1) is 0 Å². The minimum absolute atomic E-state index is 0.000174. The standard InChI is InChI=1S/C18H20O3S/c1-2-15-17(20-11-13-7-5-9-22-13)18-16(21-15)14-8-4-3-6-12(14)10-19-18/h3-9,15-18H,2,10-11H2,1H3/t15-,16-,17+,18+/m1/s1. The molecule has 0 aliphatic carbocycles. The van der Waals surface area contributed by atoms with Gasteiger partial charge in [-0.15, -0.1) is 11.3 Å². The van der Waals surface area contributed by atoms with Crippen molar-refractivity contribution in [3.8, 4) is 0 Å². The van der Waals surface area contributed by atoms with E-state index in [9.17, 15) is 0 Å². The van der Waals surface area contributed by atoms with Gasteiger partial charge in [0.15, 0.2) is 0 Å². The summed E-state index contributed by atoms with van der Waals surface area (Å²) in [5.41, 5.74) is 2.50. The first kappa shape index (κ1) is 14.4. The zero-order valence-electron chi connectivity index (χ0n) is 12.6. The summed E-state index contributed by atoms with van der Waals surface area (Å²) in [6.07, 6.45) is 1.04. The minimum atomic E-state index is -0.000174. The number of fused-ring (bicyclic) bond motifs is 3. The minimum Gasteiger partial charge on any atom is -0.368 e. The van der Waals surface area contributed by atoms with Gasteiger partial charge in [-0.25, -0.2) is 0 Å². The first-order chi connectivity index (χ1) is 10.9. The smallest absolute Gasteiger partial charge is 0.117 e. The summed E-state index contributed by atoms with van der Waals surface area (Å²) in [5.74, 6) is 0. The van der Waals surface area contributed by atoms with Gasteiger partial charge in [-0.1, -0.05) is 37.3 Å². The molecule has 1 aromatic heterocycles. The second-order valence-electron chi connectivity index (χ2n) is 5.83. The maximum Gasteiger partial charge on any atom is 0.117 e. The van der Waals surface area contributed by atoms with Gasteiger partial charge in [0, 0.05) is 4.88 Å². The van der Waals surface area contributed by atoms with E-state index in [-0.39, 0.29) is 24.4 Å². The van der Waals surface area contributed by atoms with Crippen molar-refractivity contribution in [2.24, 2.45) is 0 Å². The average molecular weight is 316 g/mol. The largest absolute Gasteiger partial charge is 0.368 e. The van der Waals surface area contributed by atoms with Crippen molar-refractivity contribution < 1.29 is 14.2 Å². The fraction of sp³-hybridized carbons (Fsp3) is 0.444. The predicted molar refractivity (Wildman–Crippen MR) is 85.8 cm³/mol. The van der Waals surface area contributed by atoms with Crippen LogP contribution in [0.2, 0.25) is 0 Å². The summed E-state index contributed by atoms with van der Waals surface area (Å²) >= 11 is 1.73. The molecule has 0 spiro atoms. The lowest BCUT2D eigenvalue weighted by molar-refractivity contribution is -0.0856. The van der Waals surface area contributed by atoms with E-state index >= 15 is 0 Å². The molecule has 0 N–H and O–H groups in total. The summed E-state index contributed by atoms with van der Waals surface area (Å²) in [4.78, 5) is 1.24. The van der Waals surface area contributed by atoms with Crippen molar-refractivity contribution in [2.75, 3.05) is 0 Å². The van der Waals surface area contributed by atoms with E-state index in [0.29, 0.717) is 13.2 Å². The molecule has 22 heavy (non-hydrogen) atoms. The lowest BCUT2D eigenvalue weighted by atomic mass is 9.94. The Labute approximate surface area is 134 Å². The Bertz CT molecular complexity index is 625. The molecule has 4 heteroatoms. The topological polar surface area (TPSA) is 27.7 Å². The van der Waals surface area contributed by atoms with Crippen LogP contribution in [0.4, 0.5) is 0 Å². The Balaban J connectivity index is 1.55. The molecule has 0 unspecified atom stereocenters. The Morgan fingerprint density at radius 1 is 1.23 bits per heavy atom. The molecular weight excluding hydrogens is 296 g/mol. The first-order valence-corrected chi connectivity index (χ1v) is 8.73. The molecule has 3 nitrogen and oxygen atoms in total. The van der Waals surface area contributed by atoms with Gasteiger partial charge in [0.25, 0.3) is 0 Å². The summed E-state index contributed by atoms with van der Waals surface area (Å²) in [5, 5.41) is 2.08. The van der Waals surface area contributed by atoms with E-state index in [1.807, 2.05) is 0 Å². The highest BCUT2D eigenvalue weighted by molar-refractivity contribution is 7.09. The summed E-state index contributed by atoms with van der Waals surface area (Å²) in [6.45, 7) is 3.43. The molecule has 116 valence electrons. The highest BCUT2D eigenvalue weighted by Gasteiger charge is 2.48. The Morgan fingerprint density at radius 2 is 2.14 bits per heavy atom. The quantitative estimate of drug-likeness (QED) is 0.850. The van der Waals surface area contributed by atoms with Crippen molar-refractivity contribution >= 4 is 11.3 Å². The van der Waals surface area contributed by atoms with Gasteiger partial charge in [-0.05, 0) is 29.0 Å². The molecule has 3 heterocycles. The molecular formula is C18H20O3S. The van der Waals surface area contributed by atoms with Crippen LogP contribution in [-0.4, -0.2) is 18.3 Å². The van der Waals surface area contributed by atoms with Crippen molar-refractivity contribution in [1.82, 2.24) is 0 Å². The van der Waals surface area contributed by atoms with Gasteiger partial charge in [0.05, 0.1) is 19.3 Å². The van der Waals surface area contributed by atoms with Gasteiger partial charge in [0.2, 0.25) is 0 Å². The zero-order valence-corrected chi connectivity index (χ0v) is 13.4. The third-order valence-corrected chi connectivity index (χ3v) is 5.35. The van der Waals surface area contributed by atoms with Crippen molar-refractivity contribution in [1.29, 1.82) is 0 Å². The lowest BCUT2D eigenvalue weighted by Crippen LogP contribution is -2.37. The van der Waals surface area contributed by atoms with Crippen LogP contribution >= 0.6 is 11.3 Å². The van der Waals surface area contributed by atoms with Crippen LogP contribution in [0.25, 0.3) is 0 Å². The molecule has 1 saturated heterocycles. The molecule has 2 aliphatic rings. The van der Waals surface area contributed by atoms with Gasteiger partial charge in [-0.2, -0.15) is 0 Å². The Hall–Kier alpha value is -1.20. The van der Waals surface area contributed by atoms with Crippen LogP contribution in [0.1, 0.15) is 35.5 Å². The van der Waals surface area contributed by atoms with E-state index in [4.69, 9.17) is 14.2 Å². The number of rotatable bonds is 4. The van der Waals surface area contributed by atoms with Crippen LogP contribution in [-0.2, 0) is 27.4 Å². The molecule has 0 bridgehead atoms. The third-order valence-electron chi connectivity index (χ3n) is 4.50. The van der Waals surface area contributed by atoms with Gasteiger partial charge in [0.1, 0.15) is 18.3 Å². The van der Waals surface area contributed by atoms with E-state index in [1.165, 1.54) is 16.0 Å². The SMILES string of the molecule is CC[C@H]1O[C@@H]2c3ccccc3CO[C@@H]2[C@H]1OCc1cccs1. The fourth-order valence-corrected chi connectivity index (χ4v) is 4.02. The molecule has 4 rings (SSSR count). The number of benzene rings is 1. The second kappa shape index (κ2) is 6.13. The second-order valence-corrected chi connectivity index (χ2v) is 6.87. The lowest BCUT2D eigenvalue weighted by Gasteiger charge is -2.30. The Morgan fingerprint density at radius 3 is 2.95 bits per heavy atom. The van der Waals surface area contributed by atoms with Gasteiger partial charge >= 0.3 is 0 Å². The van der Waals surface area contributed by atoms with Crippen molar-refractivity contribution in [3.63, 3.8) is 0 Å². The molecule has 1 aromatic carbocycles. The maximum atomic E-state index is 6.28. The molecule has 4 atom stereocenters. The monoisotopic (exact) mass is 316 g/mol. The number of ether oxygens (including phenoxy) is 3. The normalized spacial score (nSPS) is 30.0. The average Bonchev–Trinajstić information content (AvgIpc) is 3.20. The Kier molecular flexibility index (Phi) is 4.01. The van der Waals surface area contributed by atoms with Gasteiger partial charge in [-0.3, -0.25) is 0 Å². The zero-order chi connectivity index (χ0) is 14.9. The molecule has 2 aromatic rings. The van der Waals surface area contributed by atoms with E-state index in [0.717, 1.165) is 6.42 Å². The highest BCUT2D eigenvalue weighted by Crippen LogP contribution is 2.43. The van der Waals surface area contributed by atoms with Gasteiger partial charge < -0.3 is 14.2 Å². The van der Waals surface area contributed by atoms with Crippen LogP contribution < -0.4 is 0 Å². The maximum absolute atomic E-state index is 6.28. The molecule has 2 aliphatic heterocycles. The van der Waals surface area contributed by atoms with Crippen LogP contribution in [0.15, 0.2) is 41.8 Å². The first-order valence-electron chi connectivity index (χ1n) is 7.85. The highest BCUT2D eigenvalue weighted by atomic mass is 32.1. The number of hydrogen-bond donors (Lipinski definition) is 0. The van der Waals surface area contributed by atoms with Crippen LogP contribution in [0.5, 0.6) is 0 Å². The van der Waals surface area contributed by atoms with Crippen molar-refractivity contribution in [2.45, 2.75) is 51.0 Å². The molecule has 0 saturated carbocycles. The number of hydrogen-bond acceptors (Lipinski definition) is 4. The third kappa shape index (κ3) is 2.50. The van der Waals surface area contributed by atoms with Crippen molar-refractivity contribution in [3.05, 3.63) is 57.8 Å². The predicted octanol–water partition coefficient (Wildman–Crippen LogP) is 4.08.